The molecule has 0 aliphatic carbocycles. The molecule has 2 aromatic carbocycles. The molecule has 1 unspecified atom stereocenters. The number of hydrogen-bond acceptors (Lipinski definition) is 2. The van der Waals surface area contributed by atoms with Crippen LogP contribution in [0.15, 0.2) is 48.5 Å². The minimum absolute atomic E-state index is 0.0372. The summed E-state index contributed by atoms with van der Waals surface area (Å²) in [7, 11) is 0. The maximum absolute atomic E-state index is 6.37. The molecule has 0 heterocycles. The highest BCUT2D eigenvalue weighted by atomic mass is 15.1. The topological polar surface area (TPSA) is 29.3 Å². The first-order chi connectivity index (χ1) is 9.61. The molecule has 0 aliphatic heterocycles. The van der Waals surface area contributed by atoms with E-state index >= 15 is 0 Å². The molecule has 1 atom stereocenters. The fraction of sp³-hybridized carbons (Fsp3) is 0.333. The zero-order valence-electron chi connectivity index (χ0n) is 12.6. The van der Waals surface area contributed by atoms with Crippen LogP contribution in [0.4, 0.5) is 5.69 Å². The van der Waals surface area contributed by atoms with E-state index in [1.807, 2.05) is 0 Å². The summed E-state index contributed by atoms with van der Waals surface area (Å²) in [6.45, 7) is 8.22. The molecule has 2 N–H and O–H groups in total. The van der Waals surface area contributed by atoms with Gasteiger partial charge in [-0.05, 0) is 38.0 Å². The van der Waals surface area contributed by atoms with Crippen molar-refractivity contribution in [3.8, 4) is 0 Å². The number of likely N-dealkylation sites (N-methyl/N-ethyl adjacent to an activating group) is 1. The Morgan fingerprint density at radius 2 is 1.65 bits per heavy atom. The van der Waals surface area contributed by atoms with Crippen LogP contribution in [0.2, 0.25) is 0 Å². The molecule has 0 spiro atoms. The van der Waals surface area contributed by atoms with E-state index in [2.05, 4.69) is 74.2 Å². The average Bonchev–Trinajstić information content (AvgIpc) is 2.46. The van der Waals surface area contributed by atoms with Crippen molar-refractivity contribution in [1.29, 1.82) is 0 Å². The van der Waals surface area contributed by atoms with Crippen molar-refractivity contribution < 1.29 is 0 Å². The highest BCUT2D eigenvalue weighted by Crippen LogP contribution is 2.22. The van der Waals surface area contributed by atoms with Gasteiger partial charge in [0, 0.05) is 24.8 Å². The van der Waals surface area contributed by atoms with Gasteiger partial charge in [-0.1, -0.05) is 48.0 Å². The zero-order valence-corrected chi connectivity index (χ0v) is 12.6. The van der Waals surface area contributed by atoms with Crippen molar-refractivity contribution in [2.75, 3.05) is 18.0 Å². The summed E-state index contributed by atoms with van der Waals surface area (Å²) >= 11 is 0. The van der Waals surface area contributed by atoms with Crippen molar-refractivity contribution in [2.45, 2.75) is 26.8 Å². The molecule has 2 rings (SSSR count). The third-order valence-electron chi connectivity index (χ3n) is 3.76. The van der Waals surface area contributed by atoms with E-state index in [0.29, 0.717) is 0 Å². The lowest BCUT2D eigenvalue weighted by Gasteiger charge is -2.28. The molecular weight excluding hydrogens is 244 g/mol. The molecule has 20 heavy (non-hydrogen) atoms. The van der Waals surface area contributed by atoms with Crippen LogP contribution in [-0.4, -0.2) is 13.1 Å². The molecule has 0 saturated carbocycles. The number of hydrogen-bond donors (Lipinski definition) is 1. The molecule has 2 aromatic rings. The first-order valence-electron chi connectivity index (χ1n) is 7.24. The number of aryl methyl sites for hydroxylation is 2. The van der Waals surface area contributed by atoms with Crippen LogP contribution in [0, 0.1) is 13.8 Å². The molecule has 2 nitrogen and oxygen atoms in total. The zero-order chi connectivity index (χ0) is 14.5. The van der Waals surface area contributed by atoms with E-state index in [4.69, 9.17) is 5.73 Å². The third-order valence-corrected chi connectivity index (χ3v) is 3.76. The smallest absolute Gasteiger partial charge is 0.0473 e. The Balaban J connectivity index is 2.14. The molecule has 0 saturated heterocycles. The Labute approximate surface area is 122 Å². The third kappa shape index (κ3) is 3.40. The number of anilines is 1. The second-order valence-corrected chi connectivity index (χ2v) is 5.34. The lowest BCUT2D eigenvalue weighted by Crippen LogP contribution is -2.32. The molecule has 106 valence electrons. The number of para-hydroxylation sites is 1. The fourth-order valence-electron chi connectivity index (χ4n) is 2.47. The molecule has 0 aromatic heterocycles. The summed E-state index contributed by atoms with van der Waals surface area (Å²) in [5.41, 5.74) is 11.4. The normalized spacial score (nSPS) is 12.2. The summed E-state index contributed by atoms with van der Waals surface area (Å²) in [6, 6.07) is 17.0. The van der Waals surface area contributed by atoms with Gasteiger partial charge in [-0.15, -0.1) is 0 Å². The number of nitrogens with two attached hydrogens (primary N) is 1. The Hall–Kier alpha value is -1.80. The summed E-state index contributed by atoms with van der Waals surface area (Å²) in [5.74, 6) is 0. The van der Waals surface area contributed by atoms with Crippen molar-refractivity contribution >= 4 is 5.69 Å². The van der Waals surface area contributed by atoms with Gasteiger partial charge in [0.2, 0.25) is 0 Å². The number of rotatable bonds is 5. The van der Waals surface area contributed by atoms with Crippen LogP contribution in [0.25, 0.3) is 0 Å². The van der Waals surface area contributed by atoms with Gasteiger partial charge in [-0.3, -0.25) is 0 Å². The van der Waals surface area contributed by atoms with Gasteiger partial charge in [-0.25, -0.2) is 0 Å². The predicted molar refractivity (Wildman–Crippen MR) is 87.2 cm³/mol. The first-order valence-corrected chi connectivity index (χ1v) is 7.24. The second-order valence-electron chi connectivity index (χ2n) is 5.34. The molecule has 0 aliphatic rings. The maximum atomic E-state index is 6.37. The minimum Gasteiger partial charge on any atom is -0.370 e. The number of nitrogens with zero attached hydrogens (tertiary/aromatic N) is 1. The lowest BCUT2D eigenvalue weighted by atomic mass is 10.0. The largest absolute Gasteiger partial charge is 0.370 e. The molecule has 0 amide bonds. The van der Waals surface area contributed by atoms with Gasteiger partial charge >= 0.3 is 0 Å². The molecule has 0 fully saturated rings. The maximum Gasteiger partial charge on any atom is 0.0473 e. The number of benzene rings is 2. The minimum atomic E-state index is 0.0372. The predicted octanol–water partition coefficient (Wildman–Crippen LogP) is 3.83. The van der Waals surface area contributed by atoms with Gasteiger partial charge < -0.3 is 10.6 Å². The van der Waals surface area contributed by atoms with Crippen LogP contribution in [0.5, 0.6) is 0 Å². The van der Waals surface area contributed by atoms with Crippen LogP contribution in [0.3, 0.4) is 0 Å². The quantitative estimate of drug-likeness (QED) is 0.893. The van der Waals surface area contributed by atoms with E-state index in [1.165, 1.54) is 22.4 Å². The average molecular weight is 268 g/mol. The van der Waals surface area contributed by atoms with E-state index in [0.717, 1.165) is 13.1 Å². The standard InChI is InChI=1S/C18H24N2/c1-4-20(18-8-6-5-7-15(18)3)13-17(19)16-11-9-14(2)10-12-16/h5-12,17H,4,13,19H2,1-3H3. The monoisotopic (exact) mass is 268 g/mol. The second kappa shape index (κ2) is 6.58. The Morgan fingerprint density at radius 3 is 2.25 bits per heavy atom. The summed E-state index contributed by atoms with van der Waals surface area (Å²) in [5, 5.41) is 0. The van der Waals surface area contributed by atoms with Crippen LogP contribution in [-0.2, 0) is 0 Å². The van der Waals surface area contributed by atoms with Gasteiger partial charge in [0.05, 0.1) is 0 Å². The Morgan fingerprint density at radius 1 is 1.00 bits per heavy atom. The van der Waals surface area contributed by atoms with Crippen LogP contribution >= 0.6 is 0 Å². The van der Waals surface area contributed by atoms with Crippen molar-refractivity contribution in [2.24, 2.45) is 5.73 Å². The van der Waals surface area contributed by atoms with E-state index in [9.17, 15) is 0 Å². The summed E-state index contributed by atoms with van der Waals surface area (Å²) < 4.78 is 0. The first kappa shape index (κ1) is 14.6. The molecular formula is C18H24N2. The molecule has 0 radical (unpaired) electrons. The van der Waals surface area contributed by atoms with E-state index in [-0.39, 0.29) is 6.04 Å². The van der Waals surface area contributed by atoms with Gasteiger partial charge in [-0.2, -0.15) is 0 Å². The van der Waals surface area contributed by atoms with Crippen molar-refractivity contribution in [3.63, 3.8) is 0 Å². The highest BCUT2D eigenvalue weighted by Gasteiger charge is 2.13. The summed E-state index contributed by atoms with van der Waals surface area (Å²) in [6.07, 6.45) is 0. The Kier molecular flexibility index (Phi) is 4.80. The van der Waals surface area contributed by atoms with Gasteiger partial charge in [0.15, 0.2) is 0 Å². The summed E-state index contributed by atoms with van der Waals surface area (Å²) in [4.78, 5) is 2.35. The highest BCUT2D eigenvalue weighted by molar-refractivity contribution is 5.53. The molecule has 0 bridgehead atoms. The molecule has 2 heteroatoms. The van der Waals surface area contributed by atoms with Crippen molar-refractivity contribution in [3.05, 3.63) is 65.2 Å². The van der Waals surface area contributed by atoms with Crippen LogP contribution < -0.4 is 10.6 Å². The lowest BCUT2D eigenvalue weighted by molar-refractivity contribution is 0.675. The van der Waals surface area contributed by atoms with E-state index < -0.39 is 0 Å². The fourth-order valence-corrected chi connectivity index (χ4v) is 2.47. The SMILES string of the molecule is CCN(CC(N)c1ccc(C)cc1)c1ccccc1C. The van der Waals surface area contributed by atoms with E-state index in [1.54, 1.807) is 0 Å². The van der Waals surface area contributed by atoms with Gasteiger partial charge in [0.25, 0.3) is 0 Å². The Bertz CT molecular complexity index is 546. The van der Waals surface area contributed by atoms with Crippen LogP contribution in [0.1, 0.15) is 29.7 Å². The van der Waals surface area contributed by atoms with Gasteiger partial charge in [0.1, 0.15) is 0 Å². The van der Waals surface area contributed by atoms with Crippen molar-refractivity contribution in [1.82, 2.24) is 0 Å².